The van der Waals surface area contributed by atoms with Crippen molar-refractivity contribution in [2.24, 2.45) is 0 Å². The van der Waals surface area contributed by atoms with Gasteiger partial charge in [-0.1, -0.05) is 146 Å². The number of thiophene rings is 1. The van der Waals surface area contributed by atoms with Crippen molar-refractivity contribution in [2.45, 2.75) is 0 Å². The highest BCUT2D eigenvalue weighted by Crippen LogP contribution is 2.41. The number of fused-ring (bicyclic) bond motifs is 6. The van der Waals surface area contributed by atoms with Crippen molar-refractivity contribution in [2.75, 3.05) is 0 Å². The fourth-order valence-corrected chi connectivity index (χ4v) is 9.12. The Morgan fingerprint density at radius 2 is 0.875 bits per heavy atom. The van der Waals surface area contributed by atoms with Crippen LogP contribution in [0.4, 0.5) is 0 Å². The van der Waals surface area contributed by atoms with Crippen LogP contribution in [0, 0.1) is 0 Å². The van der Waals surface area contributed by atoms with Gasteiger partial charge in [-0.2, -0.15) is 0 Å². The van der Waals surface area contributed by atoms with E-state index in [9.17, 15) is 0 Å². The van der Waals surface area contributed by atoms with E-state index in [2.05, 4.69) is 174 Å². The Morgan fingerprint density at radius 1 is 0.339 bits per heavy atom. The molecule has 0 unspecified atom stereocenters. The number of hydrogen-bond donors (Lipinski definition) is 0. The van der Waals surface area contributed by atoms with Crippen molar-refractivity contribution >= 4 is 53.3 Å². The van der Waals surface area contributed by atoms with Gasteiger partial charge in [-0.25, -0.2) is 15.0 Å². The summed E-state index contributed by atoms with van der Waals surface area (Å²) in [6, 6.07) is 68.6. The molecule has 8 aromatic carbocycles. The maximum atomic E-state index is 5.14. The highest BCUT2D eigenvalue weighted by molar-refractivity contribution is 7.25. The van der Waals surface area contributed by atoms with Gasteiger partial charge in [0.25, 0.3) is 0 Å². The lowest BCUT2D eigenvalue weighted by molar-refractivity contribution is 1.07. The SMILES string of the molecule is c1ccc(-c2cccc(-c3nc(-c4ccccc4)nc(-c4cccc(-c5cccc6c5c5ccccc5n6-c5ccc6sc7ccccc7c6c5)c4)n3)c2)cc1. The van der Waals surface area contributed by atoms with Crippen LogP contribution < -0.4 is 0 Å². The third kappa shape index (κ3) is 5.48. The fraction of sp³-hybridized carbons (Fsp3) is 0. The van der Waals surface area contributed by atoms with Gasteiger partial charge in [-0.05, 0) is 70.8 Å². The predicted molar refractivity (Wildman–Crippen MR) is 234 cm³/mol. The molecule has 262 valence electrons. The highest BCUT2D eigenvalue weighted by atomic mass is 32.1. The Bertz CT molecular complexity index is 3250. The van der Waals surface area contributed by atoms with Crippen LogP contribution in [-0.4, -0.2) is 19.5 Å². The molecule has 4 nitrogen and oxygen atoms in total. The van der Waals surface area contributed by atoms with E-state index < -0.39 is 0 Å². The Hall–Kier alpha value is -7.21. The third-order valence-electron chi connectivity index (χ3n) is 10.6. The van der Waals surface area contributed by atoms with E-state index in [1.807, 2.05) is 35.6 Å². The van der Waals surface area contributed by atoms with E-state index in [1.54, 1.807) is 0 Å². The first-order valence-electron chi connectivity index (χ1n) is 18.8. The first-order chi connectivity index (χ1) is 27.7. The van der Waals surface area contributed by atoms with Crippen LogP contribution in [0.3, 0.4) is 0 Å². The predicted octanol–water partition coefficient (Wildman–Crippen LogP) is 13.7. The van der Waals surface area contributed by atoms with Crippen LogP contribution in [-0.2, 0) is 0 Å². The molecule has 0 aliphatic rings. The quantitative estimate of drug-likeness (QED) is 0.171. The number of hydrogen-bond acceptors (Lipinski definition) is 4. The van der Waals surface area contributed by atoms with Crippen LogP contribution in [0.25, 0.3) is 104 Å². The summed E-state index contributed by atoms with van der Waals surface area (Å²) in [5, 5.41) is 5.02. The van der Waals surface area contributed by atoms with Crippen LogP contribution in [0.2, 0.25) is 0 Å². The molecule has 0 N–H and O–H groups in total. The average Bonchev–Trinajstić information content (AvgIpc) is 3.82. The zero-order chi connectivity index (χ0) is 37.0. The van der Waals surface area contributed by atoms with Gasteiger partial charge in [0.05, 0.1) is 11.0 Å². The summed E-state index contributed by atoms with van der Waals surface area (Å²) in [5.41, 5.74) is 10.8. The monoisotopic (exact) mass is 732 g/mol. The summed E-state index contributed by atoms with van der Waals surface area (Å²) < 4.78 is 5.03. The van der Waals surface area contributed by atoms with Gasteiger partial charge in [-0.3, -0.25) is 0 Å². The zero-order valence-electron chi connectivity index (χ0n) is 30.2. The number of nitrogens with zero attached hydrogens (tertiary/aromatic N) is 4. The number of benzene rings is 8. The normalized spacial score (nSPS) is 11.6. The van der Waals surface area contributed by atoms with Crippen LogP contribution >= 0.6 is 11.3 Å². The van der Waals surface area contributed by atoms with Gasteiger partial charge in [0.2, 0.25) is 0 Å². The summed E-state index contributed by atoms with van der Waals surface area (Å²) in [6.45, 7) is 0. The molecule has 0 amide bonds. The van der Waals surface area contributed by atoms with Gasteiger partial charge in [0, 0.05) is 53.3 Å². The second-order valence-electron chi connectivity index (χ2n) is 14.0. The molecular formula is C51H32N4S. The van der Waals surface area contributed by atoms with Gasteiger partial charge < -0.3 is 4.57 Å². The average molecular weight is 733 g/mol. The third-order valence-corrected chi connectivity index (χ3v) is 11.8. The summed E-state index contributed by atoms with van der Waals surface area (Å²) in [6.07, 6.45) is 0. The van der Waals surface area contributed by atoms with Crippen molar-refractivity contribution in [3.05, 3.63) is 194 Å². The van der Waals surface area contributed by atoms with Gasteiger partial charge in [0.15, 0.2) is 17.5 Å². The largest absolute Gasteiger partial charge is 0.309 e. The van der Waals surface area contributed by atoms with Crippen molar-refractivity contribution < 1.29 is 0 Å². The Kier molecular flexibility index (Phi) is 7.64. The molecule has 11 aromatic rings. The molecule has 5 heteroatoms. The lowest BCUT2D eigenvalue weighted by Crippen LogP contribution is -2.00. The molecule has 0 fully saturated rings. The minimum absolute atomic E-state index is 0.631. The summed E-state index contributed by atoms with van der Waals surface area (Å²) in [4.78, 5) is 15.3. The van der Waals surface area contributed by atoms with Crippen molar-refractivity contribution in [1.29, 1.82) is 0 Å². The van der Waals surface area contributed by atoms with Gasteiger partial charge >= 0.3 is 0 Å². The molecule has 0 aliphatic carbocycles. The molecule has 3 heterocycles. The molecule has 0 saturated heterocycles. The minimum atomic E-state index is 0.631. The molecule has 56 heavy (non-hydrogen) atoms. The van der Waals surface area contributed by atoms with E-state index >= 15 is 0 Å². The summed E-state index contributed by atoms with van der Waals surface area (Å²) in [5.74, 6) is 1.91. The molecule has 0 saturated carbocycles. The maximum absolute atomic E-state index is 5.14. The number of rotatable bonds is 6. The van der Waals surface area contributed by atoms with Gasteiger partial charge in [-0.15, -0.1) is 11.3 Å². The van der Waals surface area contributed by atoms with E-state index in [1.165, 1.54) is 42.0 Å². The van der Waals surface area contributed by atoms with E-state index in [-0.39, 0.29) is 0 Å². The Labute approximate surface area is 327 Å². The molecule has 3 aromatic heterocycles. The standard InChI is InChI=1S/C51H32N4S/c1-3-14-33(15-4-1)35-18-11-20-37(30-35)50-52-49(34-16-5-2-6-17-34)53-51(54-50)38-21-12-19-36(31-38)40-24-13-26-45-48(40)42-23-7-9-25-44(42)55(45)39-28-29-47-43(32-39)41-22-8-10-27-46(41)56-47/h1-32H. The second-order valence-corrected chi connectivity index (χ2v) is 15.1. The van der Waals surface area contributed by atoms with Crippen molar-refractivity contribution in [3.63, 3.8) is 0 Å². The topological polar surface area (TPSA) is 43.6 Å². The molecule has 0 atom stereocenters. The van der Waals surface area contributed by atoms with Crippen molar-refractivity contribution in [3.8, 4) is 62.1 Å². The van der Waals surface area contributed by atoms with E-state index in [4.69, 9.17) is 15.0 Å². The van der Waals surface area contributed by atoms with E-state index in [0.29, 0.717) is 17.5 Å². The van der Waals surface area contributed by atoms with Crippen molar-refractivity contribution in [1.82, 2.24) is 19.5 Å². The molecule has 11 rings (SSSR count). The Morgan fingerprint density at radius 3 is 1.64 bits per heavy atom. The van der Waals surface area contributed by atoms with Gasteiger partial charge in [0.1, 0.15) is 0 Å². The first-order valence-corrected chi connectivity index (χ1v) is 19.6. The molecule has 0 radical (unpaired) electrons. The highest BCUT2D eigenvalue weighted by Gasteiger charge is 2.19. The minimum Gasteiger partial charge on any atom is -0.309 e. The number of para-hydroxylation sites is 1. The summed E-state index contributed by atoms with van der Waals surface area (Å²) in [7, 11) is 0. The summed E-state index contributed by atoms with van der Waals surface area (Å²) >= 11 is 1.85. The molecule has 0 bridgehead atoms. The molecular weight excluding hydrogens is 701 g/mol. The lowest BCUT2D eigenvalue weighted by Gasteiger charge is -2.11. The second kappa shape index (κ2) is 13.3. The van der Waals surface area contributed by atoms with Crippen LogP contribution in [0.15, 0.2) is 194 Å². The first kappa shape index (κ1) is 32.2. The lowest BCUT2D eigenvalue weighted by atomic mass is 9.97. The molecule has 0 spiro atoms. The zero-order valence-corrected chi connectivity index (χ0v) is 31.0. The van der Waals surface area contributed by atoms with Crippen LogP contribution in [0.1, 0.15) is 0 Å². The Balaban J connectivity index is 1.07. The smallest absolute Gasteiger partial charge is 0.164 e. The number of aromatic nitrogens is 4. The van der Waals surface area contributed by atoms with E-state index in [0.717, 1.165) is 44.6 Å². The van der Waals surface area contributed by atoms with Crippen LogP contribution in [0.5, 0.6) is 0 Å². The maximum Gasteiger partial charge on any atom is 0.164 e. The molecule has 0 aliphatic heterocycles. The fourth-order valence-electron chi connectivity index (χ4n) is 8.04.